The molecule has 0 radical (unpaired) electrons. The Labute approximate surface area is 157 Å². The summed E-state index contributed by atoms with van der Waals surface area (Å²) in [6.45, 7) is 2.82. The third-order valence-electron chi connectivity index (χ3n) is 3.99. The summed E-state index contributed by atoms with van der Waals surface area (Å²) < 4.78 is 6.67. The molecule has 0 aliphatic heterocycles. The van der Waals surface area contributed by atoms with Gasteiger partial charge < -0.3 is 9.64 Å². The minimum atomic E-state index is -0.169. The van der Waals surface area contributed by atoms with E-state index < -0.39 is 0 Å². The predicted molar refractivity (Wildman–Crippen MR) is 109 cm³/mol. The topological polar surface area (TPSA) is 54.5 Å². The number of hydrogen-bond donors (Lipinski definition) is 1. The van der Waals surface area contributed by atoms with Crippen LogP contribution in [0.25, 0.3) is 10.2 Å². The Bertz CT molecular complexity index is 888. The van der Waals surface area contributed by atoms with Gasteiger partial charge in [0, 0.05) is 25.3 Å². The maximum atomic E-state index is 12.4. The largest absolute Gasteiger partial charge is 0.494 e. The van der Waals surface area contributed by atoms with Crippen molar-refractivity contribution in [2.24, 2.45) is 0 Å². The molecular formula is C20H23N3O2S. The number of rotatable bonds is 7. The number of carbonyl (C=O) groups excluding carboxylic acids is 1. The van der Waals surface area contributed by atoms with Gasteiger partial charge in [-0.05, 0) is 48.9 Å². The number of amides is 1. The minimum absolute atomic E-state index is 0.169. The SMILES string of the molecule is CCCCOc1ccc(C(=O)Nc2nc3ccc(N(C)C)cc3s2)cc1. The van der Waals surface area contributed by atoms with Crippen molar-refractivity contribution in [2.75, 3.05) is 30.9 Å². The van der Waals surface area contributed by atoms with Gasteiger partial charge in [-0.15, -0.1) is 0 Å². The molecule has 3 rings (SSSR count). The molecule has 3 aromatic rings. The zero-order chi connectivity index (χ0) is 18.5. The molecular weight excluding hydrogens is 346 g/mol. The Balaban J connectivity index is 1.68. The molecule has 1 N–H and O–H groups in total. The van der Waals surface area contributed by atoms with E-state index in [-0.39, 0.29) is 5.91 Å². The monoisotopic (exact) mass is 369 g/mol. The van der Waals surface area contributed by atoms with E-state index in [4.69, 9.17) is 4.74 Å². The lowest BCUT2D eigenvalue weighted by Gasteiger charge is -2.11. The highest BCUT2D eigenvalue weighted by Gasteiger charge is 2.11. The first-order valence-electron chi connectivity index (χ1n) is 8.69. The predicted octanol–water partition coefficient (Wildman–Crippen LogP) is 4.79. The maximum Gasteiger partial charge on any atom is 0.257 e. The molecule has 0 atom stereocenters. The molecule has 1 heterocycles. The highest BCUT2D eigenvalue weighted by molar-refractivity contribution is 7.22. The van der Waals surface area contributed by atoms with E-state index in [2.05, 4.69) is 23.3 Å². The molecule has 0 aliphatic carbocycles. The summed E-state index contributed by atoms with van der Waals surface area (Å²) in [6.07, 6.45) is 2.12. The Hall–Kier alpha value is -2.60. The molecule has 1 aromatic heterocycles. The summed E-state index contributed by atoms with van der Waals surface area (Å²) in [5.74, 6) is 0.614. The minimum Gasteiger partial charge on any atom is -0.494 e. The van der Waals surface area contributed by atoms with E-state index >= 15 is 0 Å². The summed E-state index contributed by atoms with van der Waals surface area (Å²) in [4.78, 5) is 19.0. The number of carbonyl (C=O) groups is 1. The average Bonchev–Trinajstić information content (AvgIpc) is 3.03. The number of anilines is 2. The summed E-state index contributed by atoms with van der Waals surface area (Å²) in [5.41, 5.74) is 2.58. The first-order valence-corrected chi connectivity index (χ1v) is 9.50. The Morgan fingerprint density at radius 1 is 1.19 bits per heavy atom. The zero-order valence-electron chi connectivity index (χ0n) is 15.3. The van der Waals surface area contributed by atoms with Crippen molar-refractivity contribution in [3.8, 4) is 5.75 Å². The van der Waals surface area contributed by atoms with Crippen molar-refractivity contribution < 1.29 is 9.53 Å². The van der Waals surface area contributed by atoms with Crippen molar-refractivity contribution in [3.63, 3.8) is 0 Å². The van der Waals surface area contributed by atoms with E-state index in [1.807, 2.05) is 43.3 Å². The van der Waals surface area contributed by atoms with E-state index in [0.29, 0.717) is 17.3 Å². The molecule has 0 saturated heterocycles. The van der Waals surface area contributed by atoms with Gasteiger partial charge in [0.1, 0.15) is 5.75 Å². The van der Waals surface area contributed by atoms with Gasteiger partial charge in [-0.25, -0.2) is 4.98 Å². The van der Waals surface area contributed by atoms with Crippen molar-refractivity contribution >= 4 is 38.3 Å². The first-order chi connectivity index (χ1) is 12.6. The van der Waals surface area contributed by atoms with Crippen LogP contribution in [0.2, 0.25) is 0 Å². The smallest absolute Gasteiger partial charge is 0.257 e. The second kappa shape index (κ2) is 8.19. The summed E-state index contributed by atoms with van der Waals surface area (Å²) in [7, 11) is 4.00. The van der Waals surface area contributed by atoms with Crippen LogP contribution in [0.1, 0.15) is 30.1 Å². The summed E-state index contributed by atoms with van der Waals surface area (Å²) >= 11 is 1.47. The number of hydrogen-bond acceptors (Lipinski definition) is 5. The number of ether oxygens (including phenoxy) is 1. The maximum absolute atomic E-state index is 12.4. The van der Waals surface area contributed by atoms with E-state index in [1.54, 1.807) is 12.1 Å². The highest BCUT2D eigenvalue weighted by Crippen LogP contribution is 2.29. The van der Waals surface area contributed by atoms with Crippen LogP contribution in [0.5, 0.6) is 5.75 Å². The quantitative estimate of drug-likeness (QED) is 0.608. The van der Waals surface area contributed by atoms with Crippen molar-refractivity contribution in [2.45, 2.75) is 19.8 Å². The third kappa shape index (κ3) is 4.32. The van der Waals surface area contributed by atoms with E-state index in [9.17, 15) is 4.79 Å². The standard InChI is InChI=1S/C20H23N3O2S/c1-4-5-12-25-16-9-6-14(7-10-16)19(24)22-20-21-17-11-8-15(23(2)3)13-18(17)26-20/h6-11,13H,4-5,12H2,1-3H3,(H,21,22,24). The van der Waals surface area contributed by atoms with Crippen LogP contribution in [0.4, 0.5) is 10.8 Å². The van der Waals surface area contributed by atoms with Crippen LogP contribution in [0.15, 0.2) is 42.5 Å². The van der Waals surface area contributed by atoms with Crippen molar-refractivity contribution in [1.82, 2.24) is 4.98 Å². The van der Waals surface area contributed by atoms with Crippen LogP contribution in [0, 0.1) is 0 Å². The molecule has 0 saturated carbocycles. The van der Waals surface area contributed by atoms with Crippen LogP contribution in [-0.4, -0.2) is 31.6 Å². The number of aromatic nitrogens is 1. The van der Waals surface area contributed by atoms with Gasteiger partial charge in [-0.1, -0.05) is 24.7 Å². The van der Waals surface area contributed by atoms with Crippen LogP contribution >= 0.6 is 11.3 Å². The van der Waals surface area contributed by atoms with Crippen LogP contribution in [0.3, 0.4) is 0 Å². The van der Waals surface area contributed by atoms with Gasteiger partial charge >= 0.3 is 0 Å². The Kier molecular flexibility index (Phi) is 5.73. The van der Waals surface area contributed by atoms with Gasteiger partial charge in [0.05, 0.1) is 16.8 Å². The molecule has 1 amide bonds. The Morgan fingerprint density at radius 3 is 2.65 bits per heavy atom. The Morgan fingerprint density at radius 2 is 1.96 bits per heavy atom. The fourth-order valence-corrected chi connectivity index (χ4v) is 3.35. The molecule has 26 heavy (non-hydrogen) atoms. The van der Waals surface area contributed by atoms with Crippen molar-refractivity contribution in [3.05, 3.63) is 48.0 Å². The van der Waals surface area contributed by atoms with Gasteiger partial charge in [0.2, 0.25) is 0 Å². The van der Waals surface area contributed by atoms with Gasteiger partial charge in [0.15, 0.2) is 5.13 Å². The molecule has 0 unspecified atom stereocenters. The van der Waals surface area contributed by atoms with Crippen LogP contribution in [-0.2, 0) is 0 Å². The van der Waals surface area contributed by atoms with Crippen molar-refractivity contribution in [1.29, 1.82) is 0 Å². The van der Waals surface area contributed by atoms with Gasteiger partial charge in [-0.3, -0.25) is 10.1 Å². The molecule has 0 fully saturated rings. The average molecular weight is 369 g/mol. The summed E-state index contributed by atoms with van der Waals surface area (Å²) in [5, 5.41) is 3.48. The molecule has 0 aliphatic rings. The van der Waals surface area contributed by atoms with Gasteiger partial charge in [-0.2, -0.15) is 0 Å². The molecule has 0 bridgehead atoms. The van der Waals surface area contributed by atoms with Crippen LogP contribution < -0.4 is 15.0 Å². The lowest BCUT2D eigenvalue weighted by atomic mass is 10.2. The second-order valence-corrected chi connectivity index (χ2v) is 7.28. The van der Waals surface area contributed by atoms with Gasteiger partial charge in [0.25, 0.3) is 5.91 Å². The fraction of sp³-hybridized carbons (Fsp3) is 0.300. The van der Waals surface area contributed by atoms with E-state index in [1.165, 1.54) is 11.3 Å². The lowest BCUT2D eigenvalue weighted by Crippen LogP contribution is -2.11. The lowest BCUT2D eigenvalue weighted by molar-refractivity contribution is 0.102. The third-order valence-corrected chi connectivity index (χ3v) is 4.93. The number of benzene rings is 2. The molecule has 0 spiro atoms. The second-order valence-electron chi connectivity index (χ2n) is 6.25. The number of nitrogens with one attached hydrogen (secondary N) is 1. The highest BCUT2D eigenvalue weighted by atomic mass is 32.1. The molecule has 6 heteroatoms. The zero-order valence-corrected chi connectivity index (χ0v) is 16.1. The molecule has 136 valence electrons. The number of fused-ring (bicyclic) bond motifs is 1. The first kappa shape index (κ1) is 18.2. The van der Waals surface area contributed by atoms with E-state index in [0.717, 1.165) is 34.5 Å². The molecule has 2 aromatic carbocycles. The number of thiazole rings is 1. The number of unbranched alkanes of at least 4 members (excludes halogenated alkanes) is 1. The number of nitrogens with zero attached hydrogens (tertiary/aromatic N) is 2. The normalized spacial score (nSPS) is 10.7. The fourth-order valence-electron chi connectivity index (χ4n) is 2.45. The molecule has 5 nitrogen and oxygen atoms in total. The summed E-state index contributed by atoms with van der Waals surface area (Å²) in [6, 6.07) is 13.3.